The number of ether oxygens (including phenoxy) is 1. The van der Waals surface area contributed by atoms with Gasteiger partial charge in [-0.15, -0.1) is 0 Å². The van der Waals surface area contributed by atoms with Crippen molar-refractivity contribution in [2.24, 2.45) is 0 Å². The van der Waals surface area contributed by atoms with Gasteiger partial charge in [-0.3, -0.25) is 0 Å². The minimum Gasteiger partial charge on any atom is -0.490 e. The largest absolute Gasteiger partial charge is 0.490 e. The minimum atomic E-state index is -4.27. The minimum absolute atomic E-state index is 0.178. The van der Waals surface area contributed by atoms with Crippen LogP contribution in [-0.2, 0) is 6.18 Å². The first-order valence-electron chi connectivity index (χ1n) is 5.39. The van der Waals surface area contributed by atoms with Gasteiger partial charge in [-0.2, -0.15) is 13.2 Å². The van der Waals surface area contributed by atoms with Gasteiger partial charge in [0.2, 0.25) is 0 Å². The first kappa shape index (κ1) is 11.3. The lowest BCUT2D eigenvalue weighted by Crippen LogP contribution is -2.11. The van der Waals surface area contributed by atoms with Crippen LogP contribution in [0.5, 0.6) is 5.75 Å². The Bertz CT molecular complexity index is 336. The van der Waals surface area contributed by atoms with Crippen LogP contribution in [0, 0.1) is 0 Å². The molecule has 1 aliphatic rings. The van der Waals surface area contributed by atoms with Crippen molar-refractivity contribution in [1.29, 1.82) is 0 Å². The summed E-state index contributed by atoms with van der Waals surface area (Å²) in [5.41, 5.74) is -0.633. The lowest BCUT2D eigenvalue weighted by atomic mass is 10.2. The van der Waals surface area contributed by atoms with Crippen molar-refractivity contribution >= 4 is 0 Å². The van der Waals surface area contributed by atoms with Crippen molar-refractivity contribution in [1.82, 2.24) is 0 Å². The topological polar surface area (TPSA) is 9.23 Å². The third kappa shape index (κ3) is 2.68. The van der Waals surface area contributed by atoms with Crippen LogP contribution in [0.2, 0.25) is 0 Å². The molecule has 0 bridgehead atoms. The smallest absolute Gasteiger partial charge is 0.416 e. The number of halogens is 3. The highest BCUT2D eigenvalue weighted by Gasteiger charge is 2.30. The summed E-state index contributed by atoms with van der Waals surface area (Å²) in [4.78, 5) is 0. The van der Waals surface area contributed by atoms with E-state index in [4.69, 9.17) is 4.74 Å². The normalized spacial score (nSPS) is 17.7. The molecule has 1 nitrogen and oxygen atoms in total. The van der Waals surface area contributed by atoms with Gasteiger partial charge in [-0.05, 0) is 49.9 Å². The van der Waals surface area contributed by atoms with Gasteiger partial charge in [0.15, 0.2) is 0 Å². The summed E-state index contributed by atoms with van der Waals surface area (Å²) in [7, 11) is 0. The van der Waals surface area contributed by atoms with E-state index in [9.17, 15) is 13.2 Å². The molecule has 1 fully saturated rings. The van der Waals surface area contributed by atoms with Crippen LogP contribution in [0.15, 0.2) is 24.3 Å². The lowest BCUT2D eigenvalue weighted by Gasteiger charge is -2.13. The van der Waals surface area contributed by atoms with E-state index in [1.54, 1.807) is 0 Å². The SMILES string of the molecule is FC(F)(F)c1ccc(OC2CCCC2)cc1. The molecule has 2 rings (SSSR count). The van der Waals surface area contributed by atoms with Crippen molar-refractivity contribution < 1.29 is 17.9 Å². The molecule has 0 aromatic heterocycles. The molecule has 0 spiro atoms. The number of hydrogen-bond acceptors (Lipinski definition) is 1. The van der Waals surface area contributed by atoms with Gasteiger partial charge in [0.25, 0.3) is 0 Å². The van der Waals surface area contributed by atoms with Crippen LogP contribution in [0.3, 0.4) is 0 Å². The second-order valence-corrected chi connectivity index (χ2v) is 4.05. The molecule has 4 heteroatoms. The lowest BCUT2D eigenvalue weighted by molar-refractivity contribution is -0.137. The van der Waals surface area contributed by atoms with Gasteiger partial charge in [0.1, 0.15) is 5.75 Å². The van der Waals surface area contributed by atoms with Crippen LogP contribution in [-0.4, -0.2) is 6.10 Å². The zero-order valence-corrected chi connectivity index (χ0v) is 8.76. The Morgan fingerprint density at radius 3 is 2.06 bits per heavy atom. The van der Waals surface area contributed by atoms with Crippen molar-refractivity contribution in [2.45, 2.75) is 38.0 Å². The van der Waals surface area contributed by atoms with E-state index in [0.717, 1.165) is 37.8 Å². The van der Waals surface area contributed by atoms with E-state index in [1.807, 2.05) is 0 Å². The van der Waals surface area contributed by atoms with E-state index < -0.39 is 11.7 Å². The van der Waals surface area contributed by atoms with Crippen LogP contribution in [0.25, 0.3) is 0 Å². The third-order valence-electron chi connectivity index (χ3n) is 2.79. The highest BCUT2D eigenvalue weighted by molar-refractivity contribution is 5.29. The average Bonchev–Trinajstić information content (AvgIpc) is 2.70. The van der Waals surface area contributed by atoms with Crippen LogP contribution in [0.1, 0.15) is 31.2 Å². The molecule has 0 radical (unpaired) electrons. The summed E-state index contributed by atoms with van der Waals surface area (Å²) in [5, 5.41) is 0. The first-order chi connectivity index (χ1) is 7.55. The molecule has 1 aromatic carbocycles. The average molecular weight is 230 g/mol. The molecule has 1 aromatic rings. The second-order valence-electron chi connectivity index (χ2n) is 4.05. The molecule has 16 heavy (non-hydrogen) atoms. The fourth-order valence-corrected chi connectivity index (χ4v) is 1.92. The first-order valence-corrected chi connectivity index (χ1v) is 5.39. The Balaban J connectivity index is 2.01. The quantitative estimate of drug-likeness (QED) is 0.745. The summed E-state index contributed by atoms with van der Waals surface area (Å²) in [6, 6.07) is 4.90. The summed E-state index contributed by atoms with van der Waals surface area (Å²) in [6.07, 6.45) is 0.196. The maximum atomic E-state index is 12.3. The summed E-state index contributed by atoms with van der Waals surface area (Å²) >= 11 is 0. The van der Waals surface area contributed by atoms with Gasteiger partial charge >= 0.3 is 6.18 Å². The fraction of sp³-hybridized carbons (Fsp3) is 0.500. The van der Waals surface area contributed by atoms with Crippen molar-refractivity contribution in [3.8, 4) is 5.75 Å². The van der Waals surface area contributed by atoms with Gasteiger partial charge in [0.05, 0.1) is 11.7 Å². The maximum Gasteiger partial charge on any atom is 0.416 e. The maximum absolute atomic E-state index is 12.3. The molecule has 0 N–H and O–H groups in total. The molecule has 0 saturated heterocycles. The predicted molar refractivity (Wildman–Crippen MR) is 54.3 cm³/mol. The molecule has 0 atom stereocenters. The highest BCUT2D eigenvalue weighted by Crippen LogP contribution is 2.31. The van der Waals surface area contributed by atoms with E-state index in [2.05, 4.69) is 0 Å². The molecule has 1 aliphatic carbocycles. The number of rotatable bonds is 2. The van der Waals surface area contributed by atoms with E-state index >= 15 is 0 Å². The third-order valence-corrected chi connectivity index (χ3v) is 2.79. The van der Waals surface area contributed by atoms with Gasteiger partial charge in [0, 0.05) is 0 Å². The zero-order chi connectivity index (χ0) is 11.6. The summed E-state index contributed by atoms with van der Waals surface area (Å²) < 4.78 is 42.4. The number of alkyl halides is 3. The fourth-order valence-electron chi connectivity index (χ4n) is 1.92. The van der Waals surface area contributed by atoms with Gasteiger partial charge in [-0.1, -0.05) is 0 Å². The standard InChI is InChI=1S/C12H13F3O/c13-12(14,15)9-5-7-11(8-6-9)16-10-3-1-2-4-10/h5-8,10H,1-4H2. The van der Waals surface area contributed by atoms with Crippen molar-refractivity contribution in [3.05, 3.63) is 29.8 Å². The Labute approximate surface area is 92.2 Å². The molecular weight excluding hydrogens is 217 g/mol. The Morgan fingerprint density at radius 2 is 1.56 bits per heavy atom. The zero-order valence-electron chi connectivity index (χ0n) is 8.76. The monoisotopic (exact) mass is 230 g/mol. The predicted octanol–water partition coefficient (Wildman–Crippen LogP) is 4.03. The Morgan fingerprint density at radius 1 is 1.00 bits per heavy atom. The Hall–Kier alpha value is -1.19. The molecule has 1 saturated carbocycles. The number of benzene rings is 1. The van der Waals surface area contributed by atoms with Crippen molar-refractivity contribution in [2.75, 3.05) is 0 Å². The molecular formula is C12H13F3O. The summed E-state index contributed by atoms with van der Waals surface area (Å²) in [5.74, 6) is 0.528. The molecule has 0 aliphatic heterocycles. The molecule has 0 unspecified atom stereocenters. The van der Waals surface area contributed by atoms with Crippen LogP contribution in [0.4, 0.5) is 13.2 Å². The van der Waals surface area contributed by atoms with E-state index in [-0.39, 0.29) is 6.10 Å². The highest BCUT2D eigenvalue weighted by atomic mass is 19.4. The summed E-state index contributed by atoms with van der Waals surface area (Å²) in [6.45, 7) is 0. The molecule has 0 heterocycles. The van der Waals surface area contributed by atoms with E-state index in [1.165, 1.54) is 12.1 Å². The van der Waals surface area contributed by atoms with Gasteiger partial charge in [-0.25, -0.2) is 0 Å². The second kappa shape index (κ2) is 4.36. The Kier molecular flexibility index (Phi) is 3.08. The van der Waals surface area contributed by atoms with Crippen LogP contribution < -0.4 is 4.74 Å². The van der Waals surface area contributed by atoms with Crippen molar-refractivity contribution in [3.63, 3.8) is 0 Å². The van der Waals surface area contributed by atoms with Crippen LogP contribution >= 0.6 is 0 Å². The van der Waals surface area contributed by atoms with E-state index in [0.29, 0.717) is 5.75 Å². The molecule has 88 valence electrons. The molecule has 0 amide bonds. The van der Waals surface area contributed by atoms with Gasteiger partial charge < -0.3 is 4.74 Å². The number of hydrogen-bond donors (Lipinski definition) is 0.